The van der Waals surface area contributed by atoms with Crippen molar-refractivity contribution < 1.29 is 27.8 Å². The Morgan fingerprint density at radius 3 is 2.67 bits per heavy atom. The first-order chi connectivity index (χ1) is 11.5. The van der Waals surface area contributed by atoms with Gasteiger partial charge in [0.1, 0.15) is 5.92 Å². The van der Waals surface area contributed by atoms with Crippen molar-refractivity contribution in [1.82, 2.24) is 0 Å². The fourth-order valence-electron chi connectivity index (χ4n) is 2.98. The van der Waals surface area contributed by atoms with Crippen molar-refractivity contribution in [2.24, 2.45) is 0 Å². The number of ether oxygens (including phenoxy) is 2. The second kappa shape index (κ2) is 5.13. The predicted octanol–water partition coefficient (Wildman–Crippen LogP) is 1.79. The van der Waals surface area contributed by atoms with E-state index in [0.29, 0.717) is 22.7 Å². The number of carboxylic acid groups (broad SMARTS) is 1. The monoisotopic (exact) mass is 347 g/mol. The molecule has 2 aliphatic heterocycles. The van der Waals surface area contributed by atoms with E-state index in [0.717, 1.165) is 4.31 Å². The molecule has 0 fully saturated rings. The SMILES string of the molecule is O=C(O)C1CN(S(=O)(=O)c2ccc3c(c2)OCO3)c2ccccc21. The molecule has 8 heteroatoms. The van der Waals surface area contributed by atoms with Crippen LogP contribution in [-0.2, 0) is 14.8 Å². The van der Waals surface area contributed by atoms with E-state index in [1.54, 1.807) is 24.3 Å². The summed E-state index contributed by atoms with van der Waals surface area (Å²) < 4.78 is 37.6. The molecule has 0 aromatic heterocycles. The van der Waals surface area contributed by atoms with Gasteiger partial charge in [-0.3, -0.25) is 9.10 Å². The van der Waals surface area contributed by atoms with E-state index in [4.69, 9.17) is 9.47 Å². The van der Waals surface area contributed by atoms with E-state index in [1.165, 1.54) is 18.2 Å². The van der Waals surface area contributed by atoms with Gasteiger partial charge in [-0.1, -0.05) is 18.2 Å². The van der Waals surface area contributed by atoms with Crippen LogP contribution in [0, 0.1) is 0 Å². The number of benzene rings is 2. The minimum atomic E-state index is -3.91. The Hall–Kier alpha value is -2.74. The zero-order valence-corrected chi connectivity index (χ0v) is 13.2. The number of hydrogen-bond acceptors (Lipinski definition) is 5. The molecule has 0 saturated heterocycles. The first-order valence-electron chi connectivity index (χ1n) is 7.22. The minimum Gasteiger partial charge on any atom is -0.481 e. The maximum absolute atomic E-state index is 13.0. The third kappa shape index (κ3) is 2.10. The van der Waals surface area contributed by atoms with Gasteiger partial charge in [0.2, 0.25) is 6.79 Å². The molecule has 1 atom stereocenters. The lowest BCUT2D eigenvalue weighted by Gasteiger charge is -2.19. The minimum absolute atomic E-state index is 0.0348. The molecule has 0 bridgehead atoms. The number of sulfonamides is 1. The van der Waals surface area contributed by atoms with Crippen LogP contribution in [-0.4, -0.2) is 32.8 Å². The highest BCUT2D eigenvalue weighted by molar-refractivity contribution is 7.92. The van der Waals surface area contributed by atoms with Crippen molar-refractivity contribution in [2.45, 2.75) is 10.8 Å². The maximum atomic E-state index is 13.0. The molecule has 2 aliphatic rings. The summed E-state index contributed by atoms with van der Waals surface area (Å²) in [6, 6.07) is 11.0. The molecule has 0 aliphatic carbocycles. The third-order valence-electron chi connectivity index (χ3n) is 4.16. The van der Waals surface area contributed by atoms with Crippen LogP contribution in [0.4, 0.5) is 5.69 Å². The summed E-state index contributed by atoms with van der Waals surface area (Å²) in [6.45, 7) is -0.0854. The molecule has 2 aromatic carbocycles. The van der Waals surface area contributed by atoms with E-state index in [1.807, 2.05) is 0 Å². The van der Waals surface area contributed by atoms with Crippen LogP contribution in [0.1, 0.15) is 11.5 Å². The molecule has 2 heterocycles. The lowest BCUT2D eigenvalue weighted by Crippen LogP contribution is -2.31. The summed E-state index contributed by atoms with van der Waals surface area (Å²) in [5.74, 6) is -1.09. The highest BCUT2D eigenvalue weighted by Gasteiger charge is 2.40. The quantitative estimate of drug-likeness (QED) is 0.910. The second-order valence-electron chi connectivity index (χ2n) is 5.50. The number of para-hydroxylation sites is 1. The van der Waals surface area contributed by atoms with Crippen molar-refractivity contribution in [3.63, 3.8) is 0 Å². The molecule has 1 unspecified atom stereocenters. The summed E-state index contributed by atoms with van der Waals surface area (Å²) in [6.07, 6.45) is 0. The highest BCUT2D eigenvalue weighted by atomic mass is 32.2. The topological polar surface area (TPSA) is 93.1 Å². The summed E-state index contributed by atoms with van der Waals surface area (Å²) in [4.78, 5) is 11.5. The maximum Gasteiger partial charge on any atom is 0.312 e. The van der Waals surface area contributed by atoms with Crippen LogP contribution >= 0.6 is 0 Å². The van der Waals surface area contributed by atoms with Gasteiger partial charge in [0.25, 0.3) is 10.0 Å². The summed E-state index contributed by atoms with van der Waals surface area (Å²) >= 11 is 0. The Morgan fingerprint density at radius 1 is 1.12 bits per heavy atom. The molecule has 24 heavy (non-hydrogen) atoms. The summed E-state index contributed by atoms with van der Waals surface area (Å²) in [5, 5.41) is 9.38. The smallest absolute Gasteiger partial charge is 0.312 e. The highest BCUT2D eigenvalue weighted by Crippen LogP contribution is 2.41. The van der Waals surface area contributed by atoms with Gasteiger partial charge in [0.15, 0.2) is 11.5 Å². The number of rotatable bonds is 3. The molecule has 0 radical (unpaired) electrons. The lowest BCUT2D eigenvalue weighted by atomic mass is 10.0. The van der Waals surface area contributed by atoms with Crippen molar-refractivity contribution in [1.29, 1.82) is 0 Å². The number of hydrogen-bond donors (Lipinski definition) is 1. The van der Waals surface area contributed by atoms with Gasteiger partial charge < -0.3 is 14.6 Å². The molecule has 0 amide bonds. The first kappa shape index (κ1) is 14.8. The van der Waals surface area contributed by atoms with Gasteiger partial charge in [-0.25, -0.2) is 8.42 Å². The van der Waals surface area contributed by atoms with Gasteiger partial charge in [-0.05, 0) is 23.8 Å². The Labute approximate surface area is 138 Å². The molecule has 1 N–H and O–H groups in total. The molecular weight excluding hydrogens is 334 g/mol. The average Bonchev–Trinajstić information content (AvgIpc) is 3.18. The number of aliphatic carboxylic acids is 1. The van der Waals surface area contributed by atoms with Crippen LogP contribution < -0.4 is 13.8 Å². The van der Waals surface area contributed by atoms with Crippen molar-refractivity contribution >= 4 is 21.7 Å². The fraction of sp³-hybridized carbons (Fsp3) is 0.188. The van der Waals surface area contributed by atoms with Gasteiger partial charge in [-0.2, -0.15) is 0 Å². The number of fused-ring (bicyclic) bond motifs is 2. The van der Waals surface area contributed by atoms with Crippen LogP contribution in [0.25, 0.3) is 0 Å². The van der Waals surface area contributed by atoms with E-state index >= 15 is 0 Å². The Kier molecular flexibility index (Phi) is 3.17. The van der Waals surface area contributed by atoms with E-state index in [9.17, 15) is 18.3 Å². The molecule has 7 nitrogen and oxygen atoms in total. The van der Waals surface area contributed by atoms with Crippen molar-refractivity contribution in [3.05, 3.63) is 48.0 Å². The van der Waals surface area contributed by atoms with Gasteiger partial charge >= 0.3 is 5.97 Å². The standard InChI is InChI=1S/C16H13NO6S/c18-16(19)12-8-17(13-4-2-1-3-11(12)13)24(20,21)10-5-6-14-15(7-10)23-9-22-14/h1-7,12H,8-9H2,(H,18,19). The molecular formula is C16H13NO6S. The van der Waals surface area contributed by atoms with E-state index < -0.39 is 21.9 Å². The largest absolute Gasteiger partial charge is 0.481 e. The Balaban J connectivity index is 1.79. The molecule has 124 valence electrons. The number of nitrogens with zero attached hydrogens (tertiary/aromatic N) is 1. The van der Waals surface area contributed by atoms with Crippen LogP contribution in [0.3, 0.4) is 0 Å². The molecule has 0 spiro atoms. The number of carbonyl (C=O) groups is 1. The van der Waals surface area contributed by atoms with Crippen LogP contribution in [0.5, 0.6) is 11.5 Å². The van der Waals surface area contributed by atoms with Crippen LogP contribution in [0.15, 0.2) is 47.4 Å². The normalized spacial score (nSPS) is 18.5. The van der Waals surface area contributed by atoms with Crippen molar-refractivity contribution in [2.75, 3.05) is 17.6 Å². The predicted molar refractivity (Wildman–Crippen MR) is 83.9 cm³/mol. The average molecular weight is 347 g/mol. The first-order valence-corrected chi connectivity index (χ1v) is 8.66. The van der Waals surface area contributed by atoms with E-state index in [-0.39, 0.29) is 18.2 Å². The fourth-order valence-corrected chi connectivity index (χ4v) is 4.50. The zero-order valence-electron chi connectivity index (χ0n) is 12.4. The third-order valence-corrected chi connectivity index (χ3v) is 5.94. The van der Waals surface area contributed by atoms with Gasteiger partial charge in [0, 0.05) is 6.07 Å². The summed E-state index contributed by atoms with van der Waals surface area (Å²) in [7, 11) is -3.91. The van der Waals surface area contributed by atoms with Gasteiger partial charge in [-0.15, -0.1) is 0 Å². The Bertz CT molecular complexity index is 939. The second-order valence-corrected chi connectivity index (χ2v) is 7.36. The number of anilines is 1. The van der Waals surface area contributed by atoms with Crippen LogP contribution in [0.2, 0.25) is 0 Å². The Morgan fingerprint density at radius 2 is 1.88 bits per heavy atom. The van der Waals surface area contributed by atoms with Crippen molar-refractivity contribution in [3.8, 4) is 11.5 Å². The number of carboxylic acids is 1. The van der Waals surface area contributed by atoms with E-state index in [2.05, 4.69) is 0 Å². The zero-order chi connectivity index (χ0) is 16.9. The van der Waals surface area contributed by atoms with Gasteiger partial charge in [0.05, 0.1) is 17.1 Å². The molecule has 4 rings (SSSR count). The lowest BCUT2D eigenvalue weighted by molar-refractivity contribution is -0.138. The summed E-state index contributed by atoms with van der Waals surface area (Å²) in [5.41, 5.74) is 0.886. The molecule has 0 saturated carbocycles. The molecule has 2 aromatic rings.